The van der Waals surface area contributed by atoms with Gasteiger partial charge in [-0.25, -0.2) is 0 Å². The topological polar surface area (TPSA) is 69.6 Å². The van der Waals surface area contributed by atoms with Crippen LogP contribution in [0.25, 0.3) is 6.08 Å². The number of hydrogen-bond acceptors (Lipinski definition) is 3. The molecule has 16 heavy (non-hydrogen) atoms. The number of amides is 1. The van der Waals surface area contributed by atoms with Crippen LogP contribution >= 0.6 is 0 Å². The third-order valence-electron chi connectivity index (χ3n) is 1.90. The van der Waals surface area contributed by atoms with Crippen LogP contribution in [0.3, 0.4) is 0 Å². The summed E-state index contributed by atoms with van der Waals surface area (Å²) in [5.74, 6) is -0.257. The lowest BCUT2D eigenvalue weighted by atomic mass is 10.2. The molecule has 0 radical (unpaired) electrons. The van der Waals surface area contributed by atoms with E-state index in [-0.39, 0.29) is 17.4 Å². The molecule has 0 heterocycles. The molecule has 0 atom stereocenters. The van der Waals surface area contributed by atoms with E-state index in [9.17, 15) is 15.0 Å². The van der Waals surface area contributed by atoms with Crippen LogP contribution in [-0.4, -0.2) is 22.7 Å². The summed E-state index contributed by atoms with van der Waals surface area (Å²) in [4.78, 5) is 11.2. The van der Waals surface area contributed by atoms with Crippen molar-refractivity contribution in [3.63, 3.8) is 0 Å². The van der Waals surface area contributed by atoms with Crippen molar-refractivity contribution < 1.29 is 15.0 Å². The fourth-order valence-electron chi connectivity index (χ4n) is 1.19. The Morgan fingerprint density at radius 1 is 1.31 bits per heavy atom. The molecule has 0 fully saturated rings. The first-order valence-corrected chi connectivity index (χ1v) is 5.10. The summed E-state index contributed by atoms with van der Waals surface area (Å²) in [5.41, 5.74) is 0.573. The van der Waals surface area contributed by atoms with Crippen LogP contribution in [0.4, 0.5) is 0 Å². The highest BCUT2D eigenvalue weighted by molar-refractivity contribution is 5.91. The summed E-state index contributed by atoms with van der Waals surface area (Å²) in [5, 5.41) is 21.1. The van der Waals surface area contributed by atoms with E-state index < -0.39 is 0 Å². The molecule has 1 aromatic carbocycles. The number of nitrogens with one attached hydrogen (secondary N) is 1. The highest BCUT2D eigenvalue weighted by Crippen LogP contribution is 2.20. The largest absolute Gasteiger partial charge is 0.508 e. The normalized spacial score (nSPS) is 10.6. The van der Waals surface area contributed by atoms with Gasteiger partial charge in [0.2, 0.25) is 5.91 Å². The third-order valence-corrected chi connectivity index (χ3v) is 1.90. The second-order valence-corrected chi connectivity index (χ2v) is 3.41. The van der Waals surface area contributed by atoms with Gasteiger partial charge in [-0.05, 0) is 30.2 Å². The molecular weight excluding hydrogens is 206 g/mol. The van der Waals surface area contributed by atoms with Gasteiger partial charge in [0.15, 0.2) is 0 Å². The van der Waals surface area contributed by atoms with E-state index >= 15 is 0 Å². The highest BCUT2D eigenvalue weighted by atomic mass is 16.3. The van der Waals surface area contributed by atoms with Crippen molar-refractivity contribution in [3.05, 3.63) is 29.8 Å². The van der Waals surface area contributed by atoms with Crippen LogP contribution in [0.1, 0.15) is 18.9 Å². The van der Waals surface area contributed by atoms with E-state index in [1.54, 1.807) is 0 Å². The lowest BCUT2D eigenvalue weighted by Crippen LogP contribution is -2.21. The molecular formula is C12H15NO3. The Morgan fingerprint density at radius 2 is 1.94 bits per heavy atom. The number of benzene rings is 1. The smallest absolute Gasteiger partial charge is 0.243 e. The SMILES string of the molecule is CCCNC(=O)C=Cc1cc(O)cc(O)c1. The zero-order chi connectivity index (χ0) is 12.0. The van der Waals surface area contributed by atoms with E-state index in [1.807, 2.05) is 6.92 Å². The molecule has 0 aliphatic rings. The van der Waals surface area contributed by atoms with E-state index in [0.29, 0.717) is 12.1 Å². The monoisotopic (exact) mass is 221 g/mol. The van der Waals surface area contributed by atoms with Gasteiger partial charge in [-0.1, -0.05) is 6.92 Å². The lowest BCUT2D eigenvalue weighted by molar-refractivity contribution is -0.116. The Kier molecular flexibility index (Phi) is 4.39. The predicted molar refractivity (Wildman–Crippen MR) is 62.1 cm³/mol. The molecule has 4 nitrogen and oxygen atoms in total. The van der Waals surface area contributed by atoms with Gasteiger partial charge in [-0.15, -0.1) is 0 Å². The maximum Gasteiger partial charge on any atom is 0.243 e. The molecule has 0 saturated carbocycles. The van der Waals surface area contributed by atoms with Crippen molar-refractivity contribution in [2.24, 2.45) is 0 Å². The van der Waals surface area contributed by atoms with Gasteiger partial charge in [0, 0.05) is 18.7 Å². The van der Waals surface area contributed by atoms with Crippen LogP contribution in [0.5, 0.6) is 11.5 Å². The van der Waals surface area contributed by atoms with Crippen molar-refractivity contribution in [2.45, 2.75) is 13.3 Å². The number of aromatic hydroxyl groups is 2. The first kappa shape index (κ1) is 12.1. The van der Waals surface area contributed by atoms with Crippen molar-refractivity contribution in [1.82, 2.24) is 5.32 Å². The fourth-order valence-corrected chi connectivity index (χ4v) is 1.19. The van der Waals surface area contributed by atoms with Crippen molar-refractivity contribution >= 4 is 12.0 Å². The zero-order valence-electron chi connectivity index (χ0n) is 9.10. The van der Waals surface area contributed by atoms with Gasteiger partial charge < -0.3 is 15.5 Å². The summed E-state index contributed by atoms with van der Waals surface area (Å²) >= 11 is 0. The van der Waals surface area contributed by atoms with Gasteiger partial charge in [0.05, 0.1) is 0 Å². The minimum atomic E-state index is -0.190. The third kappa shape index (κ3) is 4.04. The quantitative estimate of drug-likeness (QED) is 0.677. The molecule has 0 unspecified atom stereocenters. The maximum atomic E-state index is 11.2. The van der Waals surface area contributed by atoms with Crippen LogP contribution in [0.2, 0.25) is 0 Å². The Hall–Kier alpha value is -1.97. The molecule has 3 N–H and O–H groups in total. The van der Waals surface area contributed by atoms with Crippen molar-refractivity contribution in [2.75, 3.05) is 6.54 Å². The molecule has 0 bridgehead atoms. The molecule has 1 aromatic rings. The summed E-state index contributed by atoms with van der Waals surface area (Å²) in [7, 11) is 0. The van der Waals surface area contributed by atoms with Crippen molar-refractivity contribution in [3.8, 4) is 11.5 Å². The van der Waals surface area contributed by atoms with Gasteiger partial charge in [0.25, 0.3) is 0 Å². The maximum absolute atomic E-state index is 11.2. The van der Waals surface area contributed by atoms with Gasteiger partial charge in [-0.2, -0.15) is 0 Å². The number of carbonyl (C=O) groups is 1. The Balaban J connectivity index is 2.65. The van der Waals surface area contributed by atoms with Crippen LogP contribution in [-0.2, 0) is 4.79 Å². The minimum absolute atomic E-state index is 0.0337. The molecule has 0 saturated heterocycles. The lowest BCUT2D eigenvalue weighted by Gasteiger charge is -1.99. The second-order valence-electron chi connectivity index (χ2n) is 3.41. The molecule has 86 valence electrons. The number of phenolic OH excluding ortho intramolecular Hbond substituents is 2. The average Bonchev–Trinajstić information content (AvgIpc) is 2.22. The van der Waals surface area contributed by atoms with E-state index in [4.69, 9.17) is 0 Å². The molecule has 0 aliphatic heterocycles. The summed E-state index contributed by atoms with van der Waals surface area (Å²) < 4.78 is 0. The summed E-state index contributed by atoms with van der Waals surface area (Å²) in [6.45, 7) is 2.60. The molecule has 0 aliphatic carbocycles. The molecule has 1 rings (SSSR count). The number of carbonyl (C=O) groups excluding carboxylic acids is 1. The van der Waals surface area contributed by atoms with E-state index in [1.165, 1.54) is 30.4 Å². The second kappa shape index (κ2) is 5.80. The van der Waals surface area contributed by atoms with Gasteiger partial charge >= 0.3 is 0 Å². The number of hydrogen-bond donors (Lipinski definition) is 3. The summed E-state index contributed by atoms with van der Waals surface area (Å²) in [6.07, 6.45) is 3.78. The van der Waals surface area contributed by atoms with E-state index in [2.05, 4.69) is 5.32 Å². The summed E-state index contributed by atoms with van der Waals surface area (Å²) in [6, 6.07) is 4.15. The van der Waals surface area contributed by atoms with Crippen molar-refractivity contribution in [1.29, 1.82) is 0 Å². The standard InChI is InChI=1S/C12H15NO3/c1-2-5-13-12(16)4-3-9-6-10(14)8-11(15)7-9/h3-4,6-8,14-15H,2,5H2,1H3,(H,13,16). The highest BCUT2D eigenvalue weighted by Gasteiger charge is 1.97. The molecule has 4 heteroatoms. The van der Waals surface area contributed by atoms with Gasteiger partial charge in [0.1, 0.15) is 11.5 Å². The Labute approximate surface area is 94.2 Å². The number of phenols is 2. The first-order valence-electron chi connectivity index (χ1n) is 5.10. The first-order chi connectivity index (χ1) is 7.61. The fraction of sp³-hybridized carbons (Fsp3) is 0.250. The van der Waals surface area contributed by atoms with Crippen LogP contribution in [0.15, 0.2) is 24.3 Å². The van der Waals surface area contributed by atoms with Gasteiger partial charge in [-0.3, -0.25) is 4.79 Å². The van der Waals surface area contributed by atoms with Crippen LogP contribution in [0, 0.1) is 0 Å². The Morgan fingerprint density at radius 3 is 2.50 bits per heavy atom. The molecule has 0 aromatic heterocycles. The Bertz CT molecular complexity index is 379. The van der Waals surface area contributed by atoms with E-state index in [0.717, 1.165) is 6.42 Å². The molecule has 0 spiro atoms. The minimum Gasteiger partial charge on any atom is -0.508 e. The molecule has 1 amide bonds. The predicted octanol–water partition coefficient (Wildman–Crippen LogP) is 1.64. The zero-order valence-corrected chi connectivity index (χ0v) is 9.10. The number of rotatable bonds is 4. The van der Waals surface area contributed by atoms with Crippen LogP contribution < -0.4 is 5.32 Å². The average molecular weight is 221 g/mol.